The van der Waals surface area contributed by atoms with E-state index in [1.165, 1.54) is 24.7 Å². The molecule has 6 nitrogen and oxygen atoms in total. The summed E-state index contributed by atoms with van der Waals surface area (Å²) in [6, 6.07) is 8.06. The summed E-state index contributed by atoms with van der Waals surface area (Å²) < 4.78 is 6.87. The van der Waals surface area contributed by atoms with Crippen LogP contribution in [0.15, 0.2) is 24.3 Å². The van der Waals surface area contributed by atoms with Crippen LogP contribution >= 0.6 is 0 Å². The first-order valence-corrected chi connectivity index (χ1v) is 9.81. The van der Waals surface area contributed by atoms with E-state index < -0.39 is 5.97 Å². The number of fused-ring (bicyclic) bond motifs is 1. The summed E-state index contributed by atoms with van der Waals surface area (Å²) >= 11 is 0. The topological polar surface area (TPSA) is 59.7 Å². The molecule has 0 radical (unpaired) electrons. The number of hydrogen-bond donors (Lipinski definition) is 0. The van der Waals surface area contributed by atoms with Crippen LogP contribution in [0.3, 0.4) is 0 Å². The van der Waals surface area contributed by atoms with Crippen molar-refractivity contribution >= 4 is 17.4 Å². The predicted molar refractivity (Wildman–Crippen MR) is 110 cm³/mol. The van der Waals surface area contributed by atoms with Crippen LogP contribution in [0.4, 0.5) is 5.82 Å². The van der Waals surface area contributed by atoms with Crippen molar-refractivity contribution in [1.82, 2.24) is 14.6 Å². The molecule has 0 saturated carbocycles. The third-order valence-corrected chi connectivity index (χ3v) is 5.55. The first-order chi connectivity index (χ1) is 13.5. The summed E-state index contributed by atoms with van der Waals surface area (Å²) in [7, 11) is 1.39. The molecule has 2 aromatic heterocycles. The van der Waals surface area contributed by atoms with Gasteiger partial charge in [-0.15, -0.1) is 0 Å². The fourth-order valence-corrected chi connectivity index (χ4v) is 4.17. The van der Waals surface area contributed by atoms with E-state index in [1.807, 2.05) is 17.5 Å². The number of carbonyl (C=O) groups excluding carboxylic acids is 1. The Morgan fingerprint density at radius 3 is 2.36 bits per heavy atom. The molecule has 3 aromatic rings. The fraction of sp³-hybridized carbons (Fsp3) is 0.409. The Labute approximate surface area is 165 Å². The minimum absolute atomic E-state index is 0.322. The number of benzene rings is 1. The Morgan fingerprint density at radius 1 is 1.04 bits per heavy atom. The maximum absolute atomic E-state index is 12.3. The van der Waals surface area contributed by atoms with Crippen LogP contribution < -0.4 is 4.90 Å². The molecular weight excluding hydrogens is 352 g/mol. The molecule has 6 heteroatoms. The highest BCUT2D eigenvalue weighted by Gasteiger charge is 2.24. The molecule has 146 valence electrons. The largest absolute Gasteiger partial charge is 0.464 e. The van der Waals surface area contributed by atoms with E-state index in [1.54, 1.807) is 0 Å². The van der Waals surface area contributed by atoms with Crippen molar-refractivity contribution in [2.24, 2.45) is 0 Å². The lowest BCUT2D eigenvalue weighted by atomic mass is 9.96. The molecule has 0 aliphatic carbocycles. The number of piperidine rings is 1. The van der Waals surface area contributed by atoms with Crippen LogP contribution in [0.5, 0.6) is 0 Å². The van der Waals surface area contributed by atoms with E-state index in [2.05, 4.69) is 41.9 Å². The Morgan fingerprint density at radius 2 is 1.71 bits per heavy atom. The van der Waals surface area contributed by atoms with Gasteiger partial charge in [0.1, 0.15) is 5.82 Å². The monoisotopic (exact) mass is 378 g/mol. The summed E-state index contributed by atoms with van der Waals surface area (Å²) in [5.41, 5.74) is 6.39. The minimum Gasteiger partial charge on any atom is -0.464 e. The first-order valence-electron chi connectivity index (χ1n) is 9.81. The summed E-state index contributed by atoms with van der Waals surface area (Å²) in [5.74, 6) is 0.484. The van der Waals surface area contributed by atoms with Gasteiger partial charge in [-0.2, -0.15) is 9.61 Å². The quantitative estimate of drug-likeness (QED) is 0.642. The van der Waals surface area contributed by atoms with Crippen LogP contribution in [0.2, 0.25) is 0 Å². The number of aryl methyl sites for hydroxylation is 3. The number of hydrogen-bond acceptors (Lipinski definition) is 5. The Hall–Kier alpha value is -2.89. The standard InChI is InChI=1S/C22H26N4O2/c1-14-9-8-10-15(2)19(14)20-16(3)24-26-18(25-11-6-5-7-12-25)13-17(22(27)28-4)23-21(20)26/h8-10,13H,5-7,11-12H2,1-4H3. The molecule has 1 aliphatic rings. The summed E-state index contributed by atoms with van der Waals surface area (Å²) in [5, 5.41) is 4.83. The molecule has 0 amide bonds. The molecule has 0 unspecified atom stereocenters. The Bertz CT molecular complexity index is 1030. The normalized spacial score (nSPS) is 14.5. The van der Waals surface area contributed by atoms with E-state index in [0.29, 0.717) is 11.3 Å². The molecular formula is C22H26N4O2. The van der Waals surface area contributed by atoms with E-state index >= 15 is 0 Å². The summed E-state index contributed by atoms with van der Waals surface area (Å²) in [6.07, 6.45) is 3.52. The number of ether oxygens (including phenoxy) is 1. The van der Waals surface area contributed by atoms with Gasteiger partial charge < -0.3 is 9.64 Å². The van der Waals surface area contributed by atoms with Gasteiger partial charge in [0.05, 0.1) is 18.4 Å². The Kier molecular flexibility index (Phi) is 4.79. The average molecular weight is 378 g/mol. The van der Waals surface area contributed by atoms with Crippen molar-refractivity contribution in [3.63, 3.8) is 0 Å². The van der Waals surface area contributed by atoms with Crippen LogP contribution in [0.25, 0.3) is 16.8 Å². The highest BCUT2D eigenvalue weighted by molar-refractivity contribution is 5.91. The van der Waals surface area contributed by atoms with Crippen molar-refractivity contribution in [2.45, 2.75) is 40.0 Å². The van der Waals surface area contributed by atoms with E-state index in [9.17, 15) is 4.79 Å². The molecule has 0 spiro atoms. The molecule has 1 aromatic carbocycles. The third kappa shape index (κ3) is 3.03. The second-order valence-corrected chi connectivity index (χ2v) is 7.50. The van der Waals surface area contributed by atoms with Gasteiger partial charge in [-0.25, -0.2) is 9.78 Å². The van der Waals surface area contributed by atoms with Gasteiger partial charge in [0.2, 0.25) is 0 Å². The van der Waals surface area contributed by atoms with Crippen molar-refractivity contribution in [1.29, 1.82) is 0 Å². The molecule has 0 atom stereocenters. The smallest absolute Gasteiger partial charge is 0.356 e. The van der Waals surface area contributed by atoms with Crippen LogP contribution in [0, 0.1) is 20.8 Å². The number of anilines is 1. The first kappa shape index (κ1) is 18.5. The summed E-state index contributed by atoms with van der Waals surface area (Å²) in [6.45, 7) is 8.12. The maximum Gasteiger partial charge on any atom is 0.356 e. The van der Waals surface area contributed by atoms with Gasteiger partial charge in [0.15, 0.2) is 11.3 Å². The highest BCUT2D eigenvalue weighted by Crippen LogP contribution is 2.35. The van der Waals surface area contributed by atoms with E-state index in [-0.39, 0.29) is 0 Å². The van der Waals surface area contributed by atoms with Crippen LogP contribution in [-0.2, 0) is 4.74 Å². The number of esters is 1. The number of methoxy groups -OCH3 is 1. The molecule has 3 heterocycles. The van der Waals surface area contributed by atoms with Gasteiger partial charge in [0, 0.05) is 19.2 Å². The average Bonchev–Trinajstić information content (AvgIpc) is 3.03. The molecule has 1 fully saturated rings. The number of nitrogens with zero attached hydrogens (tertiary/aromatic N) is 4. The minimum atomic E-state index is -0.424. The molecule has 4 rings (SSSR count). The van der Waals surface area contributed by atoms with Gasteiger partial charge in [-0.05, 0) is 56.7 Å². The predicted octanol–water partition coefficient (Wildman–Crippen LogP) is 4.10. The number of carbonyl (C=O) groups is 1. The second-order valence-electron chi connectivity index (χ2n) is 7.50. The van der Waals surface area contributed by atoms with Crippen molar-refractivity contribution in [3.8, 4) is 11.1 Å². The number of aromatic nitrogens is 3. The zero-order chi connectivity index (χ0) is 19.8. The lowest BCUT2D eigenvalue weighted by molar-refractivity contribution is 0.0594. The fourth-order valence-electron chi connectivity index (χ4n) is 4.17. The van der Waals surface area contributed by atoms with Crippen LogP contribution in [0.1, 0.15) is 46.6 Å². The maximum atomic E-state index is 12.3. The molecule has 1 aliphatic heterocycles. The zero-order valence-corrected chi connectivity index (χ0v) is 17.0. The molecule has 28 heavy (non-hydrogen) atoms. The highest BCUT2D eigenvalue weighted by atomic mass is 16.5. The Balaban J connectivity index is 2.02. The number of rotatable bonds is 3. The lowest BCUT2D eigenvalue weighted by Crippen LogP contribution is -2.31. The van der Waals surface area contributed by atoms with E-state index in [4.69, 9.17) is 9.84 Å². The van der Waals surface area contributed by atoms with Gasteiger partial charge >= 0.3 is 5.97 Å². The summed E-state index contributed by atoms with van der Waals surface area (Å²) in [4.78, 5) is 19.3. The molecule has 0 bridgehead atoms. The van der Waals surface area contributed by atoms with E-state index in [0.717, 1.165) is 48.6 Å². The lowest BCUT2D eigenvalue weighted by Gasteiger charge is -2.29. The van der Waals surface area contributed by atoms with Gasteiger partial charge in [0.25, 0.3) is 0 Å². The van der Waals surface area contributed by atoms with Crippen LogP contribution in [-0.4, -0.2) is 40.8 Å². The molecule has 1 saturated heterocycles. The molecule has 0 N–H and O–H groups in total. The zero-order valence-electron chi connectivity index (χ0n) is 17.0. The second kappa shape index (κ2) is 7.26. The third-order valence-electron chi connectivity index (χ3n) is 5.55. The van der Waals surface area contributed by atoms with Gasteiger partial charge in [-0.1, -0.05) is 18.2 Å². The van der Waals surface area contributed by atoms with Crippen molar-refractivity contribution in [3.05, 3.63) is 46.8 Å². The van der Waals surface area contributed by atoms with Crippen molar-refractivity contribution in [2.75, 3.05) is 25.1 Å². The van der Waals surface area contributed by atoms with Crippen molar-refractivity contribution < 1.29 is 9.53 Å². The van der Waals surface area contributed by atoms with Gasteiger partial charge in [-0.3, -0.25) is 0 Å². The SMILES string of the molecule is COC(=O)c1cc(N2CCCCC2)n2nc(C)c(-c3c(C)cccc3C)c2n1.